The molecular weight excluding hydrogens is 433 g/mol. The molecule has 1 aromatic carbocycles. The van der Waals surface area contributed by atoms with Crippen molar-refractivity contribution in [3.8, 4) is 5.69 Å². The third kappa shape index (κ3) is 5.84. The van der Waals surface area contributed by atoms with Gasteiger partial charge < -0.3 is 14.9 Å². The number of carboxylic acids is 2. The zero-order valence-electron chi connectivity index (χ0n) is 17.0. The summed E-state index contributed by atoms with van der Waals surface area (Å²) in [5.41, 5.74) is -1.04. The Balaban J connectivity index is 0.000000244. The van der Waals surface area contributed by atoms with Crippen molar-refractivity contribution in [3.63, 3.8) is 0 Å². The number of carboxylic acid groups (broad SMARTS) is 2. The third-order valence-corrected chi connectivity index (χ3v) is 4.55. The van der Waals surface area contributed by atoms with E-state index < -0.39 is 35.1 Å². The van der Waals surface area contributed by atoms with E-state index in [0.717, 1.165) is 12.1 Å². The lowest BCUT2D eigenvalue weighted by Crippen LogP contribution is -2.28. The minimum absolute atomic E-state index is 0.0359. The lowest BCUT2D eigenvalue weighted by Gasteiger charge is -2.23. The van der Waals surface area contributed by atoms with Gasteiger partial charge in [0.05, 0.1) is 35.5 Å². The van der Waals surface area contributed by atoms with Crippen LogP contribution in [0.2, 0.25) is 0 Å². The molecule has 0 radical (unpaired) electrons. The Morgan fingerprint density at radius 1 is 1.16 bits per heavy atom. The number of hydrogen-bond donors (Lipinski definition) is 2. The number of aromatic nitrogens is 2. The van der Waals surface area contributed by atoms with Gasteiger partial charge in [0.1, 0.15) is 0 Å². The predicted molar refractivity (Wildman–Crippen MR) is 105 cm³/mol. The Morgan fingerprint density at radius 2 is 1.78 bits per heavy atom. The Morgan fingerprint density at radius 3 is 2.28 bits per heavy atom. The molecule has 170 valence electrons. The van der Waals surface area contributed by atoms with Crippen molar-refractivity contribution in [1.29, 1.82) is 0 Å². The number of halogens is 3. The summed E-state index contributed by atoms with van der Waals surface area (Å²) in [5, 5.41) is 21.4. The van der Waals surface area contributed by atoms with Crippen LogP contribution in [0.3, 0.4) is 0 Å². The minimum Gasteiger partial charge on any atom is -0.481 e. The Kier molecular flexibility index (Phi) is 7.24. The van der Waals surface area contributed by atoms with Crippen LogP contribution in [0.1, 0.15) is 29.3 Å². The molecule has 0 spiro atoms. The normalized spacial score (nSPS) is 17.6. The molecule has 0 fully saturated rings. The molecule has 32 heavy (non-hydrogen) atoms. The first-order chi connectivity index (χ1) is 14.9. The first-order valence-electron chi connectivity index (χ1n) is 9.03. The standard InChI is InChI=1S/C12H9F3N2O2.C9H10O4/c1-19-11(18)8-6-16-17(7-8)10-4-2-9(3-5-10)12(13,14)15;1-9(8(12)13)4-2-3-6(5-9)7(10)11/h2-7H,1H3;2-4H,5H2,1H3,(H,10,11)(H,12,13). The summed E-state index contributed by atoms with van der Waals surface area (Å²) < 4.78 is 43.0. The highest BCUT2D eigenvalue weighted by Crippen LogP contribution is 2.31. The molecule has 1 aliphatic rings. The molecule has 0 amide bonds. The second-order valence-electron chi connectivity index (χ2n) is 6.97. The number of ether oxygens (including phenoxy) is 1. The van der Waals surface area contributed by atoms with E-state index in [9.17, 15) is 27.6 Å². The number of carbonyl (C=O) groups is 3. The van der Waals surface area contributed by atoms with Crippen molar-refractivity contribution >= 4 is 17.9 Å². The summed E-state index contributed by atoms with van der Waals surface area (Å²) in [7, 11) is 1.23. The second kappa shape index (κ2) is 9.50. The average molecular weight is 452 g/mol. The van der Waals surface area contributed by atoms with E-state index in [1.54, 1.807) is 0 Å². The predicted octanol–water partition coefficient (Wildman–Crippen LogP) is 3.73. The lowest BCUT2D eigenvalue weighted by molar-refractivity contribution is -0.145. The number of rotatable bonds is 4. The molecular formula is C21H19F3N2O6. The molecule has 1 heterocycles. The van der Waals surface area contributed by atoms with Gasteiger partial charge in [0.15, 0.2) is 0 Å². The first-order valence-corrected chi connectivity index (χ1v) is 9.03. The molecule has 0 aliphatic heterocycles. The second-order valence-corrected chi connectivity index (χ2v) is 6.97. The SMILES string of the molecule is CC1(C(=O)O)C=CC=C(C(=O)O)C1.COC(=O)c1cnn(-c2ccc(C(F)(F)F)cc2)c1. The number of allylic oxidation sites excluding steroid dienone is 2. The van der Waals surface area contributed by atoms with Gasteiger partial charge in [-0.15, -0.1) is 0 Å². The topological polar surface area (TPSA) is 119 Å². The Hall–Kier alpha value is -3.89. The molecule has 3 rings (SSSR count). The van der Waals surface area contributed by atoms with Crippen LogP contribution in [0.15, 0.2) is 60.5 Å². The van der Waals surface area contributed by atoms with Crippen molar-refractivity contribution < 1.29 is 42.5 Å². The van der Waals surface area contributed by atoms with E-state index >= 15 is 0 Å². The van der Waals surface area contributed by atoms with Crippen molar-refractivity contribution in [2.75, 3.05) is 7.11 Å². The van der Waals surface area contributed by atoms with E-state index in [0.29, 0.717) is 5.69 Å². The number of carbonyl (C=O) groups excluding carboxylic acids is 1. The molecule has 11 heteroatoms. The van der Waals surface area contributed by atoms with Crippen LogP contribution >= 0.6 is 0 Å². The minimum atomic E-state index is -4.38. The fourth-order valence-electron chi connectivity index (χ4n) is 2.67. The fraction of sp³-hybridized carbons (Fsp3) is 0.238. The number of esters is 1. The molecule has 1 aromatic heterocycles. The monoisotopic (exact) mass is 452 g/mol. The van der Waals surface area contributed by atoms with E-state index in [1.165, 1.54) is 61.5 Å². The lowest BCUT2D eigenvalue weighted by atomic mass is 9.80. The zero-order valence-corrected chi connectivity index (χ0v) is 17.0. The summed E-state index contributed by atoms with van der Waals surface area (Å²) in [6.45, 7) is 1.50. The van der Waals surface area contributed by atoms with E-state index in [4.69, 9.17) is 10.2 Å². The first kappa shape index (κ1) is 24.4. The van der Waals surface area contributed by atoms with Crippen LogP contribution in [0, 0.1) is 5.41 Å². The van der Waals surface area contributed by atoms with E-state index in [2.05, 4.69) is 9.84 Å². The van der Waals surface area contributed by atoms with Crippen molar-refractivity contribution in [2.45, 2.75) is 19.5 Å². The van der Waals surface area contributed by atoms with Crippen molar-refractivity contribution in [3.05, 3.63) is 71.6 Å². The maximum atomic E-state index is 12.4. The fourth-order valence-corrected chi connectivity index (χ4v) is 2.67. The molecule has 1 unspecified atom stereocenters. The van der Waals surface area contributed by atoms with Crippen LogP contribution in [0.4, 0.5) is 13.2 Å². The summed E-state index contributed by atoms with van der Waals surface area (Å²) in [5.74, 6) is -2.62. The molecule has 1 atom stereocenters. The number of aliphatic carboxylic acids is 2. The molecule has 0 bridgehead atoms. The molecule has 0 saturated heterocycles. The van der Waals surface area contributed by atoms with E-state index in [-0.39, 0.29) is 17.6 Å². The number of hydrogen-bond acceptors (Lipinski definition) is 5. The molecule has 2 aromatic rings. The average Bonchev–Trinajstić information content (AvgIpc) is 3.23. The van der Waals surface area contributed by atoms with Gasteiger partial charge in [0, 0.05) is 11.8 Å². The number of alkyl halides is 3. The van der Waals surface area contributed by atoms with Gasteiger partial charge in [-0.25, -0.2) is 14.3 Å². The quantitative estimate of drug-likeness (QED) is 0.679. The summed E-state index contributed by atoms with van der Waals surface area (Å²) >= 11 is 0. The highest BCUT2D eigenvalue weighted by atomic mass is 19.4. The largest absolute Gasteiger partial charge is 0.481 e. The summed E-state index contributed by atoms with van der Waals surface area (Å²) in [6, 6.07) is 4.46. The van der Waals surface area contributed by atoms with Crippen molar-refractivity contribution in [1.82, 2.24) is 9.78 Å². The maximum absolute atomic E-state index is 12.4. The number of benzene rings is 1. The van der Waals surface area contributed by atoms with Gasteiger partial charge in [-0.2, -0.15) is 18.3 Å². The molecule has 0 saturated carbocycles. The van der Waals surface area contributed by atoms with Gasteiger partial charge in [-0.3, -0.25) is 4.79 Å². The Labute approximate surface area is 180 Å². The highest BCUT2D eigenvalue weighted by Gasteiger charge is 2.34. The van der Waals surface area contributed by atoms with Gasteiger partial charge in [0.25, 0.3) is 0 Å². The van der Waals surface area contributed by atoms with Crippen LogP contribution < -0.4 is 0 Å². The van der Waals surface area contributed by atoms with Gasteiger partial charge in [-0.05, 0) is 37.6 Å². The molecule has 1 aliphatic carbocycles. The molecule has 2 N–H and O–H groups in total. The van der Waals surface area contributed by atoms with Crippen LogP contribution in [0.25, 0.3) is 5.69 Å². The Bertz CT molecular complexity index is 1070. The summed E-state index contributed by atoms with van der Waals surface area (Å²) in [4.78, 5) is 32.6. The van der Waals surface area contributed by atoms with Gasteiger partial charge in [-0.1, -0.05) is 18.2 Å². The molecule has 8 nitrogen and oxygen atoms in total. The smallest absolute Gasteiger partial charge is 0.416 e. The van der Waals surface area contributed by atoms with Crippen LogP contribution in [-0.2, 0) is 20.5 Å². The van der Waals surface area contributed by atoms with E-state index in [1.807, 2.05) is 0 Å². The van der Waals surface area contributed by atoms with Gasteiger partial charge in [0.2, 0.25) is 0 Å². The number of methoxy groups -OCH3 is 1. The third-order valence-electron chi connectivity index (χ3n) is 4.55. The highest BCUT2D eigenvalue weighted by molar-refractivity contribution is 5.90. The zero-order chi connectivity index (χ0) is 24.1. The summed E-state index contributed by atoms with van der Waals surface area (Å²) in [6.07, 6.45) is 2.72. The van der Waals surface area contributed by atoms with Crippen LogP contribution in [0.5, 0.6) is 0 Å². The number of nitrogens with zero attached hydrogens (tertiary/aromatic N) is 2. The van der Waals surface area contributed by atoms with Crippen LogP contribution in [-0.4, -0.2) is 45.0 Å². The van der Waals surface area contributed by atoms with Crippen molar-refractivity contribution in [2.24, 2.45) is 5.41 Å². The van der Waals surface area contributed by atoms with Gasteiger partial charge >= 0.3 is 24.1 Å². The maximum Gasteiger partial charge on any atom is 0.416 e.